The van der Waals surface area contributed by atoms with E-state index >= 15 is 0 Å². The van der Waals surface area contributed by atoms with Crippen LogP contribution < -0.4 is 11.1 Å². The summed E-state index contributed by atoms with van der Waals surface area (Å²) >= 11 is 0. The number of para-hydroxylation sites is 2. The van der Waals surface area contributed by atoms with Gasteiger partial charge in [-0.15, -0.1) is 0 Å². The van der Waals surface area contributed by atoms with Gasteiger partial charge in [0.15, 0.2) is 0 Å². The van der Waals surface area contributed by atoms with Gasteiger partial charge in [0.1, 0.15) is 0 Å². The smallest absolute Gasteiger partial charge is 0.305 e. The number of rotatable bonds is 5. The Bertz CT molecular complexity index is 610. The first-order valence-corrected chi connectivity index (χ1v) is 5.93. The molecule has 0 bridgehead atoms. The molecule has 7 heteroatoms. The van der Waals surface area contributed by atoms with E-state index in [0.29, 0.717) is 5.69 Å². The molecule has 4 N–H and O–H groups in total. The van der Waals surface area contributed by atoms with Gasteiger partial charge >= 0.3 is 5.97 Å². The number of carboxylic acid groups (broad SMARTS) is 1. The quantitative estimate of drug-likeness (QED) is 0.740. The minimum Gasteiger partial charge on any atom is -0.481 e. The standard InChI is InChI=1S/C13H14N4O3/c14-9(7-12(18)19)13(20)16-10-3-1-2-4-11(10)17-6-5-15-8-17/h1-6,8-9H,7,14H2,(H,16,20)(H,18,19). The molecule has 0 aliphatic heterocycles. The predicted molar refractivity (Wildman–Crippen MR) is 72.4 cm³/mol. The number of nitrogens with two attached hydrogens (primary N) is 1. The molecule has 2 aromatic rings. The van der Waals surface area contributed by atoms with Crippen LogP contribution in [0.5, 0.6) is 0 Å². The summed E-state index contributed by atoms with van der Waals surface area (Å²) in [4.78, 5) is 26.3. The fourth-order valence-corrected chi connectivity index (χ4v) is 1.71. The van der Waals surface area contributed by atoms with E-state index < -0.39 is 24.3 Å². The van der Waals surface area contributed by atoms with E-state index in [1.807, 2.05) is 6.07 Å². The van der Waals surface area contributed by atoms with Gasteiger partial charge in [-0.25, -0.2) is 4.98 Å². The molecule has 1 aromatic heterocycles. The molecular formula is C13H14N4O3. The van der Waals surface area contributed by atoms with E-state index in [9.17, 15) is 9.59 Å². The number of hydrogen-bond donors (Lipinski definition) is 3. The second kappa shape index (κ2) is 5.98. The largest absolute Gasteiger partial charge is 0.481 e. The average Bonchev–Trinajstić information content (AvgIpc) is 2.92. The van der Waals surface area contributed by atoms with E-state index in [4.69, 9.17) is 10.8 Å². The van der Waals surface area contributed by atoms with Crippen LogP contribution in [0.1, 0.15) is 6.42 Å². The minimum atomic E-state index is -1.12. The highest BCUT2D eigenvalue weighted by atomic mass is 16.4. The van der Waals surface area contributed by atoms with E-state index in [1.54, 1.807) is 41.5 Å². The number of benzene rings is 1. The summed E-state index contributed by atoms with van der Waals surface area (Å²) < 4.78 is 1.73. The zero-order chi connectivity index (χ0) is 14.5. The van der Waals surface area contributed by atoms with Crippen LogP contribution in [0.3, 0.4) is 0 Å². The molecule has 1 heterocycles. The Kier molecular flexibility index (Phi) is 4.11. The minimum absolute atomic E-state index is 0.418. The van der Waals surface area contributed by atoms with Crippen molar-refractivity contribution in [3.05, 3.63) is 43.0 Å². The SMILES string of the molecule is NC(CC(=O)O)C(=O)Nc1ccccc1-n1ccnc1. The van der Waals surface area contributed by atoms with E-state index in [1.165, 1.54) is 0 Å². The zero-order valence-corrected chi connectivity index (χ0v) is 10.6. The van der Waals surface area contributed by atoms with Gasteiger partial charge in [0.25, 0.3) is 0 Å². The van der Waals surface area contributed by atoms with Gasteiger partial charge < -0.3 is 20.7 Å². The van der Waals surface area contributed by atoms with Crippen molar-refractivity contribution in [2.24, 2.45) is 5.73 Å². The predicted octanol–water partition coefficient (Wildman–Crippen LogP) is 0.613. The third-order valence-corrected chi connectivity index (χ3v) is 2.68. The normalized spacial score (nSPS) is 11.8. The van der Waals surface area contributed by atoms with E-state index in [-0.39, 0.29) is 0 Å². The number of carbonyl (C=O) groups is 2. The van der Waals surface area contributed by atoms with Crippen LogP contribution in [-0.2, 0) is 9.59 Å². The Morgan fingerprint density at radius 3 is 2.80 bits per heavy atom. The summed E-state index contributed by atoms with van der Waals surface area (Å²) in [7, 11) is 0. The van der Waals surface area contributed by atoms with Crippen molar-refractivity contribution in [2.45, 2.75) is 12.5 Å². The maximum absolute atomic E-state index is 11.8. The lowest BCUT2D eigenvalue weighted by molar-refractivity contribution is -0.138. The van der Waals surface area contributed by atoms with Crippen molar-refractivity contribution < 1.29 is 14.7 Å². The number of carboxylic acids is 1. The number of aliphatic carboxylic acids is 1. The lowest BCUT2D eigenvalue weighted by atomic mass is 10.2. The maximum atomic E-state index is 11.8. The van der Waals surface area contributed by atoms with Gasteiger partial charge in [0, 0.05) is 12.4 Å². The lowest BCUT2D eigenvalue weighted by Gasteiger charge is -2.14. The summed E-state index contributed by atoms with van der Waals surface area (Å²) in [5.74, 6) is -1.66. The number of hydrogen-bond acceptors (Lipinski definition) is 4. The first-order chi connectivity index (χ1) is 9.58. The Labute approximate surface area is 115 Å². The molecule has 0 fully saturated rings. The highest BCUT2D eigenvalue weighted by molar-refractivity contribution is 5.98. The van der Waals surface area contributed by atoms with Crippen LogP contribution in [0.25, 0.3) is 5.69 Å². The van der Waals surface area contributed by atoms with Crippen molar-refractivity contribution >= 4 is 17.6 Å². The number of anilines is 1. The molecule has 0 spiro atoms. The van der Waals surface area contributed by atoms with Gasteiger partial charge in [-0.2, -0.15) is 0 Å². The van der Waals surface area contributed by atoms with Crippen molar-refractivity contribution in [3.8, 4) is 5.69 Å². The molecule has 104 valence electrons. The molecule has 20 heavy (non-hydrogen) atoms. The molecular weight excluding hydrogens is 260 g/mol. The van der Waals surface area contributed by atoms with Crippen LogP contribution in [0, 0.1) is 0 Å². The Hall–Kier alpha value is -2.67. The van der Waals surface area contributed by atoms with Gasteiger partial charge in [-0.05, 0) is 12.1 Å². The number of nitrogens with zero attached hydrogens (tertiary/aromatic N) is 2. The first kappa shape index (κ1) is 13.8. The third kappa shape index (κ3) is 3.21. The van der Waals surface area contributed by atoms with Gasteiger partial charge in [0.05, 0.1) is 30.2 Å². The molecule has 7 nitrogen and oxygen atoms in total. The topological polar surface area (TPSA) is 110 Å². The summed E-state index contributed by atoms with van der Waals surface area (Å²) in [6.45, 7) is 0. The van der Waals surface area contributed by atoms with E-state index in [2.05, 4.69) is 10.3 Å². The third-order valence-electron chi connectivity index (χ3n) is 2.68. The van der Waals surface area contributed by atoms with Crippen molar-refractivity contribution in [2.75, 3.05) is 5.32 Å². The molecule has 2 rings (SSSR count). The number of aromatic nitrogens is 2. The van der Waals surface area contributed by atoms with Crippen LogP contribution in [-0.4, -0.2) is 32.6 Å². The maximum Gasteiger partial charge on any atom is 0.305 e. The highest BCUT2D eigenvalue weighted by Gasteiger charge is 2.18. The fourth-order valence-electron chi connectivity index (χ4n) is 1.71. The highest BCUT2D eigenvalue weighted by Crippen LogP contribution is 2.19. The number of carbonyl (C=O) groups excluding carboxylic acids is 1. The number of nitrogens with one attached hydrogen (secondary N) is 1. The molecule has 1 unspecified atom stereocenters. The van der Waals surface area contributed by atoms with Gasteiger partial charge in [0.2, 0.25) is 5.91 Å². The monoisotopic (exact) mass is 274 g/mol. The number of imidazole rings is 1. The van der Waals surface area contributed by atoms with Crippen molar-refractivity contribution in [1.29, 1.82) is 0 Å². The van der Waals surface area contributed by atoms with E-state index in [0.717, 1.165) is 5.69 Å². The zero-order valence-electron chi connectivity index (χ0n) is 10.6. The molecule has 0 saturated heterocycles. The summed E-state index contributed by atoms with van der Waals surface area (Å²) in [5, 5.41) is 11.3. The Morgan fingerprint density at radius 2 is 2.15 bits per heavy atom. The average molecular weight is 274 g/mol. The van der Waals surface area contributed by atoms with Crippen LogP contribution >= 0.6 is 0 Å². The summed E-state index contributed by atoms with van der Waals surface area (Å²) in [6, 6.07) is 6.00. The lowest BCUT2D eigenvalue weighted by Crippen LogP contribution is -2.37. The number of amides is 1. The van der Waals surface area contributed by atoms with Gasteiger partial charge in [-0.3, -0.25) is 9.59 Å². The van der Waals surface area contributed by atoms with Crippen molar-refractivity contribution in [3.63, 3.8) is 0 Å². The molecule has 1 amide bonds. The molecule has 1 atom stereocenters. The molecule has 0 aliphatic carbocycles. The molecule has 0 saturated carbocycles. The fraction of sp³-hybridized carbons (Fsp3) is 0.154. The van der Waals surface area contributed by atoms with Gasteiger partial charge in [-0.1, -0.05) is 12.1 Å². The first-order valence-electron chi connectivity index (χ1n) is 5.93. The Balaban J connectivity index is 2.18. The Morgan fingerprint density at radius 1 is 1.40 bits per heavy atom. The van der Waals surface area contributed by atoms with Crippen LogP contribution in [0.4, 0.5) is 5.69 Å². The molecule has 0 aliphatic rings. The summed E-state index contributed by atoms with van der Waals surface area (Å²) in [6.07, 6.45) is 4.54. The second-order valence-electron chi connectivity index (χ2n) is 4.18. The van der Waals surface area contributed by atoms with Crippen LogP contribution in [0.2, 0.25) is 0 Å². The summed E-state index contributed by atoms with van der Waals surface area (Å²) in [5.41, 5.74) is 6.78. The molecule has 0 radical (unpaired) electrons. The van der Waals surface area contributed by atoms with Crippen LogP contribution in [0.15, 0.2) is 43.0 Å². The molecule has 1 aromatic carbocycles. The van der Waals surface area contributed by atoms with Crippen molar-refractivity contribution in [1.82, 2.24) is 9.55 Å². The second-order valence-corrected chi connectivity index (χ2v) is 4.18.